The van der Waals surface area contributed by atoms with Crippen LogP contribution in [0.15, 0.2) is 18.2 Å². The van der Waals surface area contributed by atoms with Crippen molar-refractivity contribution in [3.63, 3.8) is 0 Å². The summed E-state index contributed by atoms with van der Waals surface area (Å²) in [7, 11) is 1.64. The van der Waals surface area contributed by atoms with Crippen LogP contribution in [0.1, 0.15) is 31.7 Å². The second kappa shape index (κ2) is 6.44. The first-order valence-corrected chi connectivity index (χ1v) is 7.11. The van der Waals surface area contributed by atoms with Crippen molar-refractivity contribution in [2.45, 2.75) is 32.7 Å². The minimum atomic E-state index is 0.686. The number of halogens is 1. The highest BCUT2D eigenvalue weighted by Crippen LogP contribution is 2.30. The number of ether oxygens (including phenoxy) is 1. The van der Waals surface area contributed by atoms with Crippen LogP contribution in [0, 0.1) is 11.8 Å². The first kappa shape index (κ1) is 13.7. The zero-order valence-electron chi connectivity index (χ0n) is 11.2. The molecule has 2 nitrogen and oxygen atoms in total. The molecule has 1 aromatic rings. The molecule has 0 amide bonds. The van der Waals surface area contributed by atoms with Gasteiger partial charge in [-0.15, -0.1) is 0 Å². The van der Waals surface area contributed by atoms with Crippen molar-refractivity contribution in [3.8, 4) is 5.75 Å². The van der Waals surface area contributed by atoms with Crippen LogP contribution < -0.4 is 10.1 Å². The van der Waals surface area contributed by atoms with Gasteiger partial charge >= 0.3 is 0 Å². The Bertz CT molecular complexity index is 394. The Morgan fingerprint density at radius 3 is 2.83 bits per heavy atom. The van der Waals surface area contributed by atoms with Crippen LogP contribution >= 0.6 is 11.6 Å². The van der Waals surface area contributed by atoms with E-state index in [4.69, 9.17) is 16.3 Å². The third kappa shape index (κ3) is 3.39. The minimum absolute atomic E-state index is 0.686. The lowest BCUT2D eigenvalue weighted by atomic mass is 9.98. The molecular formula is C15H22ClNO. The van der Waals surface area contributed by atoms with E-state index in [-0.39, 0.29) is 0 Å². The van der Waals surface area contributed by atoms with E-state index in [0.717, 1.165) is 30.7 Å². The quantitative estimate of drug-likeness (QED) is 0.874. The summed E-state index contributed by atoms with van der Waals surface area (Å²) in [6.07, 6.45) is 4.15. The molecule has 0 bridgehead atoms. The normalized spacial score (nSPS) is 23.3. The third-order valence-electron chi connectivity index (χ3n) is 3.99. The number of nitrogens with one attached hydrogen (secondary N) is 1. The van der Waals surface area contributed by atoms with Crippen molar-refractivity contribution in [2.24, 2.45) is 11.8 Å². The number of hydrogen-bond donors (Lipinski definition) is 1. The lowest BCUT2D eigenvalue weighted by Gasteiger charge is -2.16. The van der Waals surface area contributed by atoms with Gasteiger partial charge in [0, 0.05) is 6.54 Å². The Morgan fingerprint density at radius 2 is 2.22 bits per heavy atom. The van der Waals surface area contributed by atoms with E-state index in [1.807, 2.05) is 12.1 Å². The van der Waals surface area contributed by atoms with Gasteiger partial charge in [0.05, 0.1) is 12.1 Å². The van der Waals surface area contributed by atoms with Crippen molar-refractivity contribution in [1.82, 2.24) is 5.32 Å². The van der Waals surface area contributed by atoms with Crippen molar-refractivity contribution in [1.29, 1.82) is 0 Å². The van der Waals surface area contributed by atoms with Gasteiger partial charge in [0.25, 0.3) is 0 Å². The van der Waals surface area contributed by atoms with Gasteiger partial charge in [-0.25, -0.2) is 0 Å². The van der Waals surface area contributed by atoms with Gasteiger partial charge < -0.3 is 10.1 Å². The van der Waals surface area contributed by atoms with E-state index in [0.29, 0.717) is 5.02 Å². The van der Waals surface area contributed by atoms with Crippen molar-refractivity contribution >= 4 is 11.6 Å². The maximum atomic E-state index is 6.11. The Hall–Kier alpha value is -0.730. The van der Waals surface area contributed by atoms with E-state index >= 15 is 0 Å². The van der Waals surface area contributed by atoms with Crippen LogP contribution in [0.2, 0.25) is 5.02 Å². The zero-order chi connectivity index (χ0) is 13.0. The molecule has 2 rings (SSSR count). The molecular weight excluding hydrogens is 246 g/mol. The first-order valence-electron chi connectivity index (χ1n) is 6.74. The molecule has 1 aliphatic rings. The molecule has 1 aromatic carbocycles. The van der Waals surface area contributed by atoms with Crippen LogP contribution in [0.3, 0.4) is 0 Å². The van der Waals surface area contributed by atoms with Crippen LogP contribution in [0.5, 0.6) is 5.75 Å². The Balaban J connectivity index is 1.81. The zero-order valence-corrected chi connectivity index (χ0v) is 12.0. The highest BCUT2D eigenvalue weighted by molar-refractivity contribution is 6.32. The molecule has 1 saturated carbocycles. The molecule has 1 fully saturated rings. The highest BCUT2D eigenvalue weighted by Gasteiger charge is 2.22. The SMILES string of the molecule is COc1ccc(CNCC2CCCC2C)cc1Cl. The van der Waals surface area contributed by atoms with Crippen LogP contribution in [0.25, 0.3) is 0 Å². The summed E-state index contributed by atoms with van der Waals surface area (Å²) in [6, 6.07) is 5.97. The molecule has 0 aromatic heterocycles. The number of hydrogen-bond acceptors (Lipinski definition) is 2. The Morgan fingerprint density at radius 1 is 1.39 bits per heavy atom. The predicted molar refractivity (Wildman–Crippen MR) is 76.2 cm³/mol. The largest absolute Gasteiger partial charge is 0.495 e. The number of benzene rings is 1. The fourth-order valence-corrected chi connectivity index (χ4v) is 3.03. The fraction of sp³-hybridized carbons (Fsp3) is 0.600. The molecule has 1 N–H and O–H groups in total. The van der Waals surface area contributed by atoms with Gasteiger partial charge in [0.2, 0.25) is 0 Å². The van der Waals surface area contributed by atoms with Gasteiger partial charge in [0.1, 0.15) is 5.75 Å². The predicted octanol–water partition coefficient (Wildman–Crippen LogP) is 3.87. The summed E-state index contributed by atoms with van der Waals surface area (Å²) >= 11 is 6.11. The molecule has 0 saturated heterocycles. The summed E-state index contributed by atoms with van der Waals surface area (Å²) in [5, 5.41) is 4.23. The second-order valence-electron chi connectivity index (χ2n) is 5.27. The number of methoxy groups -OCH3 is 1. The molecule has 0 aliphatic heterocycles. The van der Waals surface area contributed by atoms with Crippen LogP contribution in [0.4, 0.5) is 0 Å². The summed E-state index contributed by atoms with van der Waals surface area (Å²) in [6.45, 7) is 4.36. The van der Waals surface area contributed by atoms with Crippen molar-refractivity contribution in [2.75, 3.05) is 13.7 Å². The number of rotatable bonds is 5. The highest BCUT2D eigenvalue weighted by atomic mass is 35.5. The molecule has 0 heterocycles. The van der Waals surface area contributed by atoms with E-state index in [2.05, 4.69) is 18.3 Å². The average Bonchev–Trinajstić information content (AvgIpc) is 2.75. The smallest absolute Gasteiger partial charge is 0.137 e. The topological polar surface area (TPSA) is 21.3 Å². The molecule has 0 radical (unpaired) electrons. The lowest BCUT2D eigenvalue weighted by Crippen LogP contribution is -2.23. The van der Waals surface area contributed by atoms with Gasteiger partial charge in [-0.05, 0) is 42.5 Å². The molecule has 3 heteroatoms. The maximum absolute atomic E-state index is 6.11. The summed E-state index contributed by atoms with van der Waals surface area (Å²) in [5.74, 6) is 2.46. The van der Waals surface area contributed by atoms with Gasteiger partial charge in [-0.2, -0.15) is 0 Å². The second-order valence-corrected chi connectivity index (χ2v) is 5.68. The summed E-state index contributed by atoms with van der Waals surface area (Å²) in [5.41, 5.74) is 1.21. The van der Waals surface area contributed by atoms with Crippen molar-refractivity contribution < 1.29 is 4.74 Å². The van der Waals surface area contributed by atoms with Gasteiger partial charge in [0.15, 0.2) is 0 Å². The van der Waals surface area contributed by atoms with Crippen LogP contribution in [-0.2, 0) is 6.54 Å². The monoisotopic (exact) mass is 267 g/mol. The molecule has 2 atom stereocenters. The Kier molecular flexibility index (Phi) is 4.90. The van der Waals surface area contributed by atoms with Crippen LogP contribution in [-0.4, -0.2) is 13.7 Å². The first-order chi connectivity index (χ1) is 8.70. The molecule has 18 heavy (non-hydrogen) atoms. The van der Waals surface area contributed by atoms with Crippen molar-refractivity contribution in [3.05, 3.63) is 28.8 Å². The molecule has 2 unspecified atom stereocenters. The lowest BCUT2D eigenvalue weighted by molar-refractivity contribution is 0.392. The van der Waals surface area contributed by atoms with E-state index in [1.54, 1.807) is 7.11 Å². The fourth-order valence-electron chi connectivity index (χ4n) is 2.75. The average molecular weight is 268 g/mol. The summed E-state index contributed by atoms with van der Waals surface area (Å²) < 4.78 is 5.15. The molecule has 1 aliphatic carbocycles. The van der Waals surface area contributed by atoms with Gasteiger partial charge in [-0.1, -0.05) is 37.4 Å². The summed E-state index contributed by atoms with van der Waals surface area (Å²) in [4.78, 5) is 0. The van der Waals surface area contributed by atoms with E-state index in [9.17, 15) is 0 Å². The minimum Gasteiger partial charge on any atom is -0.495 e. The maximum Gasteiger partial charge on any atom is 0.137 e. The molecule has 100 valence electrons. The van der Waals surface area contributed by atoms with E-state index in [1.165, 1.54) is 24.8 Å². The standard InChI is InChI=1S/C15H22ClNO/c1-11-4-3-5-13(11)10-17-9-12-6-7-15(18-2)14(16)8-12/h6-8,11,13,17H,3-5,9-10H2,1-2H3. The third-order valence-corrected chi connectivity index (χ3v) is 4.29. The Labute approximate surface area is 115 Å². The van der Waals surface area contributed by atoms with Gasteiger partial charge in [-0.3, -0.25) is 0 Å². The molecule has 0 spiro atoms. The van der Waals surface area contributed by atoms with E-state index < -0.39 is 0 Å².